The molecule has 1 aliphatic heterocycles. The molecule has 1 fully saturated rings. The normalized spacial score (nSPS) is 15.3. The van der Waals surface area contributed by atoms with Crippen LogP contribution in [0.15, 0.2) is 18.2 Å². The van der Waals surface area contributed by atoms with Crippen LogP contribution in [0.4, 0.5) is 0 Å². The molecule has 21 heavy (non-hydrogen) atoms. The van der Waals surface area contributed by atoms with Crippen molar-refractivity contribution < 1.29 is 14.3 Å². The van der Waals surface area contributed by atoms with Gasteiger partial charge < -0.3 is 14.4 Å². The van der Waals surface area contributed by atoms with E-state index in [1.165, 1.54) is 0 Å². The van der Waals surface area contributed by atoms with E-state index in [0.29, 0.717) is 50.2 Å². The first-order valence-electron chi connectivity index (χ1n) is 6.96. The third-order valence-corrected chi connectivity index (χ3v) is 3.73. The van der Waals surface area contributed by atoms with Gasteiger partial charge in [0.25, 0.3) is 0 Å². The van der Waals surface area contributed by atoms with Gasteiger partial charge in [0.15, 0.2) is 0 Å². The van der Waals surface area contributed by atoms with Crippen LogP contribution in [-0.4, -0.2) is 62.7 Å². The van der Waals surface area contributed by atoms with E-state index in [2.05, 4.69) is 0 Å². The van der Waals surface area contributed by atoms with Gasteiger partial charge in [0.1, 0.15) is 5.75 Å². The van der Waals surface area contributed by atoms with Gasteiger partial charge in [0.2, 0.25) is 5.91 Å². The van der Waals surface area contributed by atoms with Crippen molar-refractivity contribution in [2.75, 3.05) is 47.0 Å². The van der Waals surface area contributed by atoms with Gasteiger partial charge >= 0.3 is 0 Å². The molecule has 0 saturated carbocycles. The lowest BCUT2D eigenvalue weighted by atomic mass is 10.2. The van der Waals surface area contributed by atoms with Crippen LogP contribution >= 0.6 is 11.6 Å². The fourth-order valence-corrected chi connectivity index (χ4v) is 2.60. The summed E-state index contributed by atoms with van der Waals surface area (Å²) in [5.74, 6) is 0.799. The molecule has 0 bridgehead atoms. The molecule has 1 aliphatic rings. The molecular formula is C15H21ClN2O3. The van der Waals surface area contributed by atoms with E-state index < -0.39 is 0 Å². The Balaban J connectivity index is 1.87. The van der Waals surface area contributed by atoms with Crippen LogP contribution in [0.5, 0.6) is 5.75 Å². The second-order valence-corrected chi connectivity index (χ2v) is 5.54. The Morgan fingerprint density at radius 1 is 1.43 bits per heavy atom. The predicted octanol–water partition coefficient (Wildman–Crippen LogP) is 1.64. The number of carbonyl (C=O) groups excluding carboxylic acids is 1. The van der Waals surface area contributed by atoms with Gasteiger partial charge in [0, 0.05) is 19.6 Å². The Labute approximate surface area is 130 Å². The number of amides is 1. The van der Waals surface area contributed by atoms with E-state index >= 15 is 0 Å². The number of methoxy groups -OCH3 is 1. The average Bonchev–Trinajstić information content (AvgIpc) is 2.48. The molecule has 1 saturated heterocycles. The van der Waals surface area contributed by atoms with Crippen LogP contribution in [0, 0.1) is 0 Å². The molecule has 0 N–H and O–H groups in total. The number of halogens is 1. The van der Waals surface area contributed by atoms with Crippen molar-refractivity contribution in [3.63, 3.8) is 0 Å². The molecule has 2 rings (SSSR count). The summed E-state index contributed by atoms with van der Waals surface area (Å²) in [7, 11) is 3.52. The molecule has 1 aromatic carbocycles. The monoisotopic (exact) mass is 312 g/mol. The van der Waals surface area contributed by atoms with Crippen molar-refractivity contribution in [1.82, 2.24) is 9.80 Å². The van der Waals surface area contributed by atoms with E-state index in [0.717, 1.165) is 5.56 Å². The Morgan fingerprint density at radius 3 is 2.76 bits per heavy atom. The zero-order valence-corrected chi connectivity index (χ0v) is 13.2. The van der Waals surface area contributed by atoms with Crippen LogP contribution in [0.2, 0.25) is 5.02 Å². The zero-order valence-electron chi connectivity index (χ0n) is 12.5. The van der Waals surface area contributed by atoms with E-state index in [4.69, 9.17) is 21.1 Å². The predicted molar refractivity (Wildman–Crippen MR) is 81.7 cm³/mol. The highest BCUT2D eigenvalue weighted by molar-refractivity contribution is 6.32. The second-order valence-electron chi connectivity index (χ2n) is 5.13. The minimum Gasteiger partial charge on any atom is -0.495 e. The molecule has 1 heterocycles. The maximum atomic E-state index is 12.1. The fraction of sp³-hybridized carbons (Fsp3) is 0.533. The van der Waals surface area contributed by atoms with E-state index in [9.17, 15) is 4.79 Å². The summed E-state index contributed by atoms with van der Waals surface area (Å²) >= 11 is 6.11. The van der Waals surface area contributed by atoms with Gasteiger partial charge in [-0.1, -0.05) is 17.7 Å². The molecule has 0 radical (unpaired) electrons. The molecular weight excluding hydrogens is 292 g/mol. The van der Waals surface area contributed by atoms with Crippen molar-refractivity contribution in [1.29, 1.82) is 0 Å². The standard InChI is InChI=1S/C15H21ClN2O3/c1-17(11-15(19)18-5-7-21-8-6-18)10-12-3-4-14(20-2)13(16)9-12/h3-4,9H,5-8,10-11H2,1-2H3. The van der Waals surface area contributed by atoms with Crippen LogP contribution in [0.1, 0.15) is 5.56 Å². The summed E-state index contributed by atoms with van der Waals surface area (Å²) in [5.41, 5.74) is 1.05. The van der Waals surface area contributed by atoms with E-state index in [-0.39, 0.29) is 5.91 Å². The fourth-order valence-electron chi connectivity index (χ4n) is 2.32. The number of likely N-dealkylation sites (N-methyl/N-ethyl adjacent to an activating group) is 1. The zero-order chi connectivity index (χ0) is 15.2. The second kappa shape index (κ2) is 7.64. The van der Waals surface area contributed by atoms with Gasteiger partial charge in [-0.15, -0.1) is 0 Å². The third-order valence-electron chi connectivity index (χ3n) is 3.44. The smallest absolute Gasteiger partial charge is 0.236 e. The first kappa shape index (κ1) is 16.1. The van der Waals surface area contributed by atoms with Crippen molar-refractivity contribution in [2.24, 2.45) is 0 Å². The summed E-state index contributed by atoms with van der Waals surface area (Å²) in [6.45, 7) is 3.68. The molecule has 0 aliphatic carbocycles. The molecule has 0 unspecified atom stereocenters. The number of ether oxygens (including phenoxy) is 2. The molecule has 0 atom stereocenters. The minimum absolute atomic E-state index is 0.139. The molecule has 1 amide bonds. The minimum atomic E-state index is 0.139. The number of hydrogen-bond donors (Lipinski definition) is 0. The van der Waals surface area contributed by atoms with Crippen LogP contribution < -0.4 is 4.74 Å². The molecule has 0 spiro atoms. The summed E-state index contributed by atoms with van der Waals surface area (Å²) in [6, 6.07) is 5.67. The van der Waals surface area contributed by atoms with Gasteiger partial charge in [-0.2, -0.15) is 0 Å². The first-order valence-corrected chi connectivity index (χ1v) is 7.34. The van der Waals surface area contributed by atoms with Gasteiger partial charge in [-0.25, -0.2) is 0 Å². The number of carbonyl (C=O) groups is 1. The Bertz CT molecular complexity index is 490. The van der Waals surface area contributed by atoms with Gasteiger partial charge in [0.05, 0.1) is 31.9 Å². The molecule has 6 heteroatoms. The van der Waals surface area contributed by atoms with Crippen molar-refractivity contribution in [2.45, 2.75) is 6.54 Å². The number of benzene rings is 1. The number of nitrogens with zero attached hydrogens (tertiary/aromatic N) is 2. The van der Waals surface area contributed by atoms with Gasteiger partial charge in [-0.3, -0.25) is 9.69 Å². The lowest BCUT2D eigenvalue weighted by molar-refractivity contribution is -0.136. The highest BCUT2D eigenvalue weighted by Gasteiger charge is 2.18. The topological polar surface area (TPSA) is 42.0 Å². The lowest BCUT2D eigenvalue weighted by Gasteiger charge is -2.28. The van der Waals surface area contributed by atoms with E-state index in [1.54, 1.807) is 7.11 Å². The molecule has 0 aromatic heterocycles. The number of hydrogen-bond acceptors (Lipinski definition) is 4. The Morgan fingerprint density at radius 2 is 2.14 bits per heavy atom. The van der Waals surface area contributed by atoms with Crippen LogP contribution in [0.25, 0.3) is 0 Å². The Kier molecular flexibility index (Phi) is 5.85. The largest absolute Gasteiger partial charge is 0.495 e. The van der Waals surface area contributed by atoms with Crippen molar-refractivity contribution >= 4 is 17.5 Å². The van der Waals surface area contributed by atoms with Gasteiger partial charge in [-0.05, 0) is 24.7 Å². The SMILES string of the molecule is COc1ccc(CN(C)CC(=O)N2CCOCC2)cc1Cl. The summed E-state index contributed by atoms with van der Waals surface area (Å²) in [5, 5.41) is 0.586. The van der Waals surface area contributed by atoms with Crippen molar-refractivity contribution in [3.8, 4) is 5.75 Å². The maximum absolute atomic E-state index is 12.1. The summed E-state index contributed by atoms with van der Waals surface area (Å²) in [6.07, 6.45) is 0. The molecule has 116 valence electrons. The van der Waals surface area contributed by atoms with Crippen LogP contribution in [-0.2, 0) is 16.1 Å². The average molecular weight is 313 g/mol. The lowest BCUT2D eigenvalue weighted by Crippen LogP contribution is -2.44. The summed E-state index contributed by atoms with van der Waals surface area (Å²) < 4.78 is 10.4. The Hall–Kier alpha value is -1.30. The highest BCUT2D eigenvalue weighted by atomic mass is 35.5. The maximum Gasteiger partial charge on any atom is 0.236 e. The number of morpholine rings is 1. The summed E-state index contributed by atoms with van der Waals surface area (Å²) in [4.78, 5) is 16.0. The quantitative estimate of drug-likeness (QED) is 0.829. The number of rotatable bonds is 5. The van der Waals surface area contributed by atoms with E-state index in [1.807, 2.05) is 35.0 Å². The first-order chi connectivity index (χ1) is 10.1. The highest BCUT2D eigenvalue weighted by Crippen LogP contribution is 2.25. The third kappa shape index (κ3) is 4.59. The molecule has 1 aromatic rings. The molecule has 5 nitrogen and oxygen atoms in total. The van der Waals surface area contributed by atoms with Crippen LogP contribution in [0.3, 0.4) is 0 Å². The van der Waals surface area contributed by atoms with Crippen molar-refractivity contribution in [3.05, 3.63) is 28.8 Å².